The van der Waals surface area contributed by atoms with Crippen molar-refractivity contribution in [3.8, 4) is 16.9 Å². The predicted molar refractivity (Wildman–Crippen MR) is 97.4 cm³/mol. The second kappa shape index (κ2) is 6.56. The van der Waals surface area contributed by atoms with Crippen LogP contribution in [-0.4, -0.2) is 25.2 Å². The van der Waals surface area contributed by atoms with Gasteiger partial charge in [0.25, 0.3) is 0 Å². The van der Waals surface area contributed by atoms with Gasteiger partial charge in [-0.05, 0) is 47.7 Å². The van der Waals surface area contributed by atoms with Crippen molar-refractivity contribution in [1.29, 1.82) is 0 Å². The third-order valence-electron chi connectivity index (χ3n) is 4.54. The van der Waals surface area contributed by atoms with Crippen LogP contribution in [0.4, 0.5) is 0 Å². The first-order valence-electron chi connectivity index (χ1n) is 8.69. The first kappa shape index (κ1) is 15.1. The topological polar surface area (TPSA) is 45.7 Å². The lowest BCUT2D eigenvalue weighted by Gasteiger charge is -2.16. The van der Waals surface area contributed by atoms with Crippen molar-refractivity contribution in [3.63, 3.8) is 0 Å². The molecule has 0 fully saturated rings. The van der Waals surface area contributed by atoms with Gasteiger partial charge in [0, 0.05) is 26.1 Å². The minimum atomic E-state index is 0.292. The Balaban J connectivity index is 1.44. The van der Waals surface area contributed by atoms with Crippen LogP contribution < -0.4 is 15.4 Å². The molecule has 0 amide bonds. The molecular formula is C20H23N3O. The van der Waals surface area contributed by atoms with Crippen LogP contribution in [0.25, 0.3) is 11.1 Å². The summed E-state index contributed by atoms with van der Waals surface area (Å²) < 4.78 is 5.78. The number of guanidine groups is 1. The zero-order chi connectivity index (χ0) is 16.4. The van der Waals surface area contributed by atoms with Crippen molar-refractivity contribution in [3.05, 3.63) is 53.6 Å². The second-order valence-electron chi connectivity index (χ2n) is 6.52. The van der Waals surface area contributed by atoms with Crippen LogP contribution in [-0.2, 0) is 13.0 Å². The fraction of sp³-hybridized carbons (Fsp3) is 0.350. The smallest absolute Gasteiger partial charge is 0.191 e. The van der Waals surface area contributed by atoms with E-state index in [2.05, 4.69) is 65.0 Å². The predicted octanol–water partition coefficient (Wildman–Crippen LogP) is 3.12. The Morgan fingerprint density at radius 1 is 1.17 bits per heavy atom. The molecule has 0 aromatic heterocycles. The molecule has 124 valence electrons. The third kappa shape index (κ3) is 3.23. The van der Waals surface area contributed by atoms with Gasteiger partial charge >= 0.3 is 0 Å². The van der Waals surface area contributed by atoms with Gasteiger partial charge in [-0.2, -0.15) is 0 Å². The summed E-state index contributed by atoms with van der Waals surface area (Å²) in [6.45, 7) is 4.83. The highest BCUT2D eigenvalue weighted by Gasteiger charge is 2.19. The molecule has 4 nitrogen and oxygen atoms in total. The van der Waals surface area contributed by atoms with Crippen LogP contribution in [0.15, 0.2) is 47.5 Å². The highest BCUT2D eigenvalue weighted by molar-refractivity contribution is 5.80. The first-order chi connectivity index (χ1) is 11.8. The largest absolute Gasteiger partial charge is 0.490 e. The molecule has 1 atom stereocenters. The van der Waals surface area contributed by atoms with Crippen LogP contribution >= 0.6 is 0 Å². The number of ether oxygens (including phenoxy) is 1. The maximum atomic E-state index is 5.78. The van der Waals surface area contributed by atoms with Crippen LogP contribution in [0, 0.1) is 0 Å². The van der Waals surface area contributed by atoms with Crippen molar-refractivity contribution in [1.82, 2.24) is 10.6 Å². The van der Waals surface area contributed by atoms with E-state index < -0.39 is 0 Å². The molecular weight excluding hydrogens is 298 g/mol. The number of aliphatic imine (C=N–C) groups is 1. The molecule has 2 aliphatic heterocycles. The molecule has 2 aliphatic rings. The number of nitrogens with zero attached hydrogens (tertiary/aromatic N) is 1. The molecule has 2 N–H and O–H groups in total. The Hall–Kier alpha value is -2.49. The molecule has 24 heavy (non-hydrogen) atoms. The van der Waals surface area contributed by atoms with E-state index in [0.717, 1.165) is 44.2 Å². The van der Waals surface area contributed by atoms with Crippen molar-refractivity contribution in [2.75, 3.05) is 13.1 Å². The molecule has 2 aromatic carbocycles. The summed E-state index contributed by atoms with van der Waals surface area (Å²) in [5.74, 6) is 1.95. The average Bonchev–Trinajstić information content (AvgIpc) is 3.00. The van der Waals surface area contributed by atoms with Crippen molar-refractivity contribution in [2.24, 2.45) is 4.99 Å². The molecule has 0 saturated carbocycles. The molecule has 2 aromatic rings. The average molecular weight is 321 g/mol. The van der Waals surface area contributed by atoms with Gasteiger partial charge in [0.15, 0.2) is 5.96 Å². The minimum Gasteiger partial charge on any atom is -0.490 e. The maximum Gasteiger partial charge on any atom is 0.191 e. The summed E-state index contributed by atoms with van der Waals surface area (Å²) in [5.41, 5.74) is 5.07. The van der Waals surface area contributed by atoms with Gasteiger partial charge in [0.1, 0.15) is 11.9 Å². The van der Waals surface area contributed by atoms with Crippen LogP contribution in [0.5, 0.6) is 5.75 Å². The van der Waals surface area contributed by atoms with E-state index in [0.29, 0.717) is 6.10 Å². The van der Waals surface area contributed by atoms with Crippen LogP contribution in [0.1, 0.15) is 24.5 Å². The van der Waals surface area contributed by atoms with Crippen molar-refractivity contribution < 1.29 is 4.74 Å². The Morgan fingerprint density at radius 2 is 2.00 bits per heavy atom. The molecule has 0 saturated heterocycles. The van der Waals surface area contributed by atoms with Crippen molar-refractivity contribution >= 4 is 5.96 Å². The van der Waals surface area contributed by atoms with E-state index in [1.165, 1.54) is 22.3 Å². The van der Waals surface area contributed by atoms with Gasteiger partial charge in [-0.1, -0.05) is 30.3 Å². The normalized spacial score (nSPS) is 19.0. The Bertz CT molecular complexity index is 752. The summed E-state index contributed by atoms with van der Waals surface area (Å²) in [5, 5.41) is 6.64. The van der Waals surface area contributed by atoms with Gasteiger partial charge in [0.05, 0.1) is 0 Å². The second-order valence-corrected chi connectivity index (χ2v) is 6.52. The number of rotatable bonds is 3. The van der Waals surface area contributed by atoms with Gasteiger partial charge < -0.3 is 15.4 Å². The van der Waals surface area contributed by atoms with Crippen LogP contribution in [0.3, 0.4) is 0 Å². The van der Waals surface area contributed by atoms with E-state index in [1.54, 1.807) is 0 Å². The number of hydrogen-bond donors (Lipinski definition) is 2. The number of hydrogen-bond acceptors (Lipinski definition) is 4. The fourth-order valence-electron chi connectivity index (χ4n) is 3.25. The van der Waals surface area contributed by atoms with Gasteiger partial charge in [0.2, 0.25) is 0 Å². The maximum absolute atomic E-state index is 5.78. The molecule has 4 rings (SSSR count). The van der Waals surface area contributed by atoms with E-state index in [-0.39, 0.29) is 0 Å². The number of fused-ring (bicyclic) bond motifs is 1. The summed E-state index contributed by atoms with van der Waals surface area (Å²) in [6.07, 6.45) is 2.41. The lowest BCUT2D eigenvalue weighted by atomic mass is 10.00. The lowest BCUT2D eigenvalue weighted by molar-refractivity contribution is 0.254. The van der Waals surface area contributed by atoms with Gasteiger partial charge in [-0.25, -0.2) is 0 Å². The Kier molecular flexibility index (Phi) is 4.11. The Morgan fingerprint density at radius 3 is 2.79 bits per heavy atom. The number of nitrogens with one attached hydrogen (secondary N) is 2. The van der Waals surface area contributed by atoms with E-state index in [9.17, 15) is 0 Å². The van der Waals surface area contributed by atoms with Gasteiger partial charge in [-0.15, -0.1) is 0 Å². The van der Waals surface area contributed by atoms with Crippen LogP contribution in [0.2, 0.25) is 0 Å². The molecule has 0 spiro atoms. The summed E-state index contributed by atoms with van der Waals surface area (Å²) in [4.78, 5) is 4.43. The van der Waals surface area contributed by atoms with E-state index in [4.69, 9.17) is 4.74 Å². The monoisotopic (exact) mass is 321 g/mol. The molecule has 4 heteroatoms. The SMILES string of the molecule is CC1Cc2cc(-c3ccc(CNC4=NCCCN4)cc3)ccc2O1. The highest BCUT2D eigenvalue weighted by Crippen LogP contribution is 2.32. The molecule has 0 bridgehead atoms. The van der Waals surface area contributed by atoms with E-state index in [1.807, 2.05) is 0 Å². The molecule has 2 heterocycles. The third-order valence-corrected chi connectivity index (χ3v) is 4.54. The summed E-state index contributed by atoms with van der Waals surface area (Å²) >= 11 is 0. The molecule has 1 unspecified atom stereocenters. The minimum absolute atomic E-state index is 0.292. The number of benzene rings is 2. The van der Waals surface area contributed by atoms with Gasteiger partial charge in [-0.3, -0.25) is 4.99 Å². The zero-order valence-electron chi connectivity index (χ0n) is 14.0. The summed E-state index contributed by atoms with van der Waals surface area (Å²) in [6, 6.07) is 15.2. The molecule has 0 aliphatic carbocycles. The van der Waals surface area contributed by atoms with E-state index >= 15 is 0 Å². The molecule has 0 radical (unpaired) electrons. The highest BCUT2D eigenvalue weighted by atomic mass is 16.5. The summed E-state index contributed by atoms with van der Waals surface area (Å²) in [7, 11) is 0. The van der Waals surface area contributed by atoms with Crippen molar-refractivity contribution in [2.45, 2.75) is 32.4 Å². The Labute approximate surface area is 143 Å². The first-order valence-corrected chi connectivity index (χ1v) is 8.69. The zero-order valence-corrected chi connectivity index (χ0v) is 14.0. The fourth-order valence-corrected chi connectivity index (χ4v) is 3.25. The lowest BCUT2D eigenvalue weighted by Crippen LogP contribution is -2.40. The quantitative estimate of drug-likeness (QED) is 0.913. The standard InChI is InChI=1S/C20H23N3O/c1-14-11-18-12-17(7-8-19(18)24-14)16-5-3-15(4-6-16)13-23-20-21-9-2-10-22-20/h3-8,12,14H,2,9-11,13H2,1H3,(H2,21,22,23).